The van der Waals surface area contributed by atoms with Crippen molar-refractivity contribution in [3.05, 3.63) is 23.7 Å². The average Bonchev–Trinajstić information content (AvgIpc) is 2.74. The molecule has 96 valence electrons. The van der Waals surface area contributed by atoms with Crippen LogP contribution in [0.1, 0.15) is 44.3 Å². The Bertz CT molecular complexity index is 353. The predicted molar refractivity (Wildman–Crippen MR) is 68.0 cm³/mol. The van der Waals surface area contributed by atoms with Gasteiger partial charge in [-0.25, -0.2) is 0 Å². The van der Waals surface area contributed by atoms with E-state index >= 15 is 0 Å². The molecule has 0 saturated carbocycles. The van der Waals surface area contributed by atoms with Crippen LogP contribution in [0.3, 0.4) is 0 Å². The number of ether oxygens (including phenoxy) is 1. The number of furan rings is 1. The maximum absolute atomic E-state index is 5.63. The summed E-state index contributed by atoms with van der Waals surface area (Å²) in [6.45, 7) is 9.29. The van der Waals surface area contributed by atoms with Crippen LogP contribution in [0.5, 0.6) is 0 Å². The van der Waals surface area contributed by atoms with Crippen LogP contribution in [-0.2, 0) is 4.74 Å². The molecule has 0 aromatic carbocycles. The van der Waals surface area contributed by atoms with E-state index in [9.17, 15) is 0 Å². The van der Waals surface area contributed by atoms with Crippen molar-refractivity contribution >= 4 is 0 Å². The van der Waals surface area contributed by atoms with Crippen molar-refractivity contribution in [3.8, 4) is 0 Å². The lowest BCUT2D eigenvalue weighted by Crippen LogP contribution is -2.37. The first-order chi connectivity index (χ1) is 8.09. The van der Waals surface area contributed by atoms with E-state index in [1.807, 2.05) is 13.0 Å². The summed E-state index contributed by atoms with van der Waals surface area (Å²) in [7, 11) is 0. The van der Waals surface area contributed by atoms with Crippen molar-refractivity contribution in [1.82, 2.24) is 5.32 Å². The van der Waals surface area contributed by atoms with Crippen molar-refractivity contribution in [3.63, 3.8) is 0 Å². The highest BCUT2D eigenvalue weighted by Crippen LogP contribution is 2.29. The zero-order valence-corrected chi connectivity index (χ0v) is 11.1. The van der Waals surface area contributed by atoms with Crippen LogP contribution >= 0.6 is 0 Å². The van der Waals surface area contributed by atoms with Gasteiger partial charge in [0.1, 0.15) is 11.5 Å². The molecule has 0 amide bonds. The Morgan fingerprint density at radius 1 is 1.35 bits per heavy atom. The van der Waals surface area contributed by atoms with Gasteiger partial charge in [0.15, 0.2) is 0 Å². The Hall–Kier alpha value is -0.800. The molecule has 1 N–H and O–H groups in total. The summed E-state index contributed by atoms with van der Waals surface area (Å²) < 4.78 is 11.0. The average molecular weight is 237 g/mol. The van der Waals surface area contributed by atoms with Gasteiger partial charge >= 0.3 is 0 Å². The van der Waals surface area contributed by atoms with E-state index in [2.05, 4.69) is 25.2 Å². The van der Waals surface area contributed by atoms with Gasteiger partial charge in [-0.3, -0.25) is 0 Å². The zero-order valence-electron chi connectivity index (χ0n) is 11.1. The Labute approximate surface area is 104 Å². The largest absolute Gasteiger partial charge is 0.465 e. The summed E-state index contributed by atoms with van der Waals surface area (Å²) >= 11 is 0. The molecule has 1 unspecified atom stereocenters. The Morgan fingerprint density at radius 2 is 2.06 bits per heavy atom. The van der Waals surface area contributed by atoms with Gasteiger partial charge in [-0.15, -0.1) is 0 Å². The van der Waals surface area contributed by atoms with Crippen molar-refractivity contribution in [1.29, 1.82) is 0 Å². The van der Waals surface area contributed by atoms with E-state index in [0.717, 1.165) is 44.1 Å². The summed E-state index contributed by atoms with van der Waals surface area (Å²) in [5, 5.41) is 3.57. The summed E-state index contributed by atoms with van der Waals surface area (Å²) in [6.07, 6.45) is 2.29. The predicted octanol–water partition coefficient (Wildman–Crippen LogP) is 3.06. The quantitative estimate of drug-likeness (QED) is 0.874. The second-order valence-corrected chi connectivity index (χ2v) is 5.47. The van der Waals surface area contributed by atoms with Crippen LogP contribution in [0, 0.1) is 12.3 Å². The van der Waals surface area contributed by atoms with Gasteiger partial charge in [0, 0.05) is 19.8 Å². The lowest BCUT2D eigenvalue weighted by molar-refractivity contribution is 0.0228. The molecular formula is C14H23NO2. The van der Waals surface area contributed by atoms with Gasteiger partial charge in [-0.2, -0.15) is 0 Å². The standard InChI is InChI=1S/C14H23NO2/c1-11-4-5-13(17-11)12(2)15-10-14(3)6-8-16-9-7-14/h4-5,12,15H,6-10H2,1-3H3. The molecule has 3 nitrogen and oxygen atoms in total. The van der Waals surface area contributed by atoms with E-state index in [1.54, 1.807) is 0 Å². The minimum atomic E-state index is 0.281. The van der Waals surface area contributed by atoms with Crippen molar-refractivity contribution < 1.29 is 9.15 Å². The molecule has 2 rings (SSSR count). The molecular weight excluding hydrogens is 214 g/mol. The summed E-state index contributed by atoms with van der Waals surface area (Å²) in [5.74, 6) is 2.00. The van der Waals surface area contributed by atoms with Crippen LogP contribution < -0.4 is 5.32 Å². The first-order valence-corrected chi connectivity index (χ1v) is 6.47. The molecule has 0 bridgehead atoms. The highest BCUT2D eigenvalue weighted by atomic mass is 16.5. The molecule has 0 radical (unpaired) electrons. The summed E-state index contributed by atoms with van der Waals surface area (Å²) in [6, 6.07) is 4.35. The fourth-order valence-corrected chi connectivity index (χ4v) is 2.23. The fraction of sp³-hybridized carbons (Fsp3) is 0.714. The minimum Gasteiger partial charge on any atom is -0.465 e. The lowest BCUT2D eigenvalue weighted by atomic mass is 9.82. The fourth-order valence-electron chi connectivity index (χ4n) is 2.23. The van der Waals surface area contributed by atoms with E-state index in [4.69, 9.17) is 9.15 Å². The summed E-state index contributed by atoms with van der Waals surface area (Å²) in [5.41, 5.74) is 0.369. The zero-order chi connectivity index (χ0) is 12.3. The third kappa shape index (κ3) is 3.33. The highest BCUT2D eigenvalue weighted by Gasteiger charge is 2.27. The van der Waals surface area contributed by atoms with Crippen LogP contribution in [0.2, 0.25) is 0 Å². The molecule has 1 atom stereocenters. The molecule has 3 heteroatoms. The monoisotopic (exact) mass is 237 g/mol. The number of aryl methyl sites for hydroxylation is 1. The molecule has 2 heterocycles. The van der Waals surface area contributed by atoms with Crippen molar-refractivity contribution in [2.45, 2.75) is 39.7 Å². The Balaban J connectivity index is 1.85. The lowest BCUT2D eigenvalue weighted by Gasteiger charge is -2.34. The molecule has 1 aliphatic heterocycles. The topological polar surface area (TPSA) is 34.4 Å². The van der Waals surface area contributed by atoms with E-state index in [-0.39, 0.29) is 6.04 Å². The number of hydrogen-bond donors (Lipinski definition) is 1. The van der Waals surface area contributed by atoms with Crippen LogP contribution in [-0.4, -0.2) is 19.8 Å². The molecule has 1 aromatic rings. The van der Waals surface area contributed by atoms with Crippen LogP contribution in [0.25, 0.3) is 0 Å². The molecule has 17 heavy (non-hydrogen) atoms. The molecule has 1 aliphatic rings. The molecule has 0 aliphatic carbocycles. The maximum Gasteiger partial charge on any atom is 0.120 e. The van der Waals surface area contributed by atoms with Gasteiger partial charge in [0.25, 0.3) is 0 Å². The Morgan fingerprint density at radius 3 is 2.65 bits per heavy atom. The molecule has 1 saturated heterocycles. The van der Waals surface area contributed by atoms with Crippen molar-refractivity contribution in [2.75, 3.05) is 19.8 Å². The smallest absolute Gasteiger partial charge is 0.120 e. The third-order valence-corrected chi connectivity index (χ3v) is 3.72. The summed E-state index contributed by atoms with van der Waals surface area (Å²) in [4.78, 5) is 0. The molecule has 1 fully saturated rings. The molecule has 1 aromatic heterocycles. The number of rotatable bonds is 4. The van der Waals surface area contributed by atoms with E-state index in [1.165, 1.54) is 0 Å². The van der Waals surface area contributed by atoms with E-state index in [0.29, 0.717) is 5.41 Å². The normalized spacial score (nSPS) is 21.4. The van der Waals surface area contributed by atoms with Gasteiger partial charge in [0.05, 0.1) is 6.04 Å². The third-order valence-electron chi connectivity index (χ3n) is 3.72. The number of hydrogen-bond acceptors (Lipinski definition) is 3. The first-order valence-electron chi connectivity index (χ1n) is 6.47. The number of nitrogens with one attached hydrogen (secondary N) is 1. The minimum absolute atomic E-state index is 0.281. The van der Waals surface area contributed by atoms with Gasteiger partial charge in [-0.05, 0) is 44.2 Å². The Kier molecular flexibility index (Phi) is 3.89. The van der Waals surface area contributed by atoms with Crippen molar-refractivity contribution in [2.24, 2.45) is 5.41 Å². The highest BCUT2D eigenvalue weighted by molar-refractivity contribution is 5.08. The second kappa shape index (κ2) is 5.23. The SMILES string of the molecule is Cc1ccc(C(C)NCC2(C)CCOCC2)o1. The van der Waals surface area contributed by atoms with Gasteiger partial charge < -0.3 is 14.5 Å². The second-order valence-electron chi connectivity index (χ2n) is 5.47. The van der Waals surface area contributed by atoms with Gasteiger partial charge in [0.2, 0.25) is 0 Å². The molecule has 0 spiro atoms. The van der Waals surface area contributed by atoms with E-state index < -0.39 is 0 Å². The van der Waals surface area contributed by atoms with Gasteiger partial charge in [-0.1, -0.05) is 6.92 Å². The maximum atomic E-state index is 5.63. The van der Waals surface area contributed by atoms with Crippen LogP contribution in [0.15, 0.2) is 16.5 Å². The first kappa shape index (κ1) is 12.7. The van der Waals surface area contributed by atoms with Crippen LogP contribution in [0.4, 0.5) is 0 Å².